The monoisotopic (exact) mass is 510 g/mol. The van der Waals surface area contributed by atoms with Gasteiger partial charge in [-0.15, -0.1) is 0 Å². The second-order valence-electron chi connectivity index (χ2n) is 8.57. The fourth-order valence-electron chi connectivity index (χ4n) is 4.66. The van der Waals surface area contributed by atoms with Gasteiger partial charge in [-0.05, 0) is 29.7 Å². The number of aromatic hydroxyl groups is 1. The minimum atomic E-state index is -0.757. The van der Waals surface area contributed by atoms with E-state index < -0.39 is 5.97 Å². The molecule has 3 aromatic carbocycles. The van der Waals surface area contributed by atoms with Crippen molar-refractivity contribution in [2.24, 2.45) is 5.92 Å². The average molecular weight is 511 g/mol. The van der Waals surface area contributed by atoms with Gasteiger partial charge in [0.05, 0.1) is 46.7 Å². The lowest BCUT2D eigenvalue weighted by Gasteiger charge is -2.23. The molecule has 0 aromatic heterocycles. The average Bonchev–Trinajstić information content (AvgIpc) is 2.93. The molecule has 0 bridgehead atoms. The molecule has 0 aliphatic heterocycles. The Morgan fingerprint density at radius 1 is 0.838 bits per heavy atom. The number of ether oxygens (including phenoxy) is 5. The molecular weight excluding hydrogens is 476 g/mol. The molecule has 0 spiro atoms. The summed E-state index contributed by atoms with van der Waals surface area (Å²) in [5, 5.41) is 12.2. The van der Waals surface area contributed by atoms with Crippen LogP contribution >= 0.6 is 0 Å². The Morgan fingerprint density at radius 3 is 1.95 bits per heavy atom. The molecule has 0 aliphatic carbocycles. The summed E-state index contributed by atoms with van der Waals surface area (Å²) in [6.45, 7) is 4.02. The maximum absolute atomic E-state index is 13.7. The van der Waals surface area contributed by atoms with Gasteiger partial charge in [-0.1, -0.05) is 38.8 Å². The molecule has 1 N–H and O–H groups in total. The van der Waals surface area contributed by atoms with Gasteiger partial charge < -0.3 is 28.8 Å². The molecule has 3 aromatic rings. The molecule has 0 fully saturated rings. The second-order valence-corrected chi connectivity index (χ2v) is 8.57. The number of esters is 1. The summed E-state index contributed by atoms with van der Waals surface area (Å²) in [5.74, 6) is 0.0699. The highest BCUT2D eigenvalue weighted by molar-refractivity contribution is 6.21. The smallest absolute Gasteiger partial charge is 0.339 e. The number of Topliss-reactive ketones (excluding diaryl/α,β-unsaturated/α-hetero) is 1. The number of hydrogen-bond acceptors (Lipinski definition) is 8. The van der Waals surface area contributed by atoms with Crippen LogP contribution in [0.25, 0.3) is 21.9 Å². The van der Waals surface area contributed by atoms with Crippen molar-refractivity contribution < 1.29 is 38.4 Å². The van der Waals surface area contributed by atoms with Crippen LogP contribution in [0.1, 0.15) is 53.8 Å². The van der Waals surface area contributed by atoms with Gasteiger partial charge in [0, 0.05) is 22.8 Å². The highest BCUT2D eigenvalue weighted by atomic mass is 16.5. The lowest BCUT2D eigenvalue weighted by molar-refractivity contribution is 0.0597. The van der Waals surface area contributed by atoms with Crippen molar-refractivity contribution in [1.82, 2.24) is 0 Å². The first kappa shape index (κ1) is 27.6. The van der Waals surface area contributed by atoms with Crippen LogP contribution in [0.3, 0.4) is 0 Å². The van der Waals surface area contributed by atoms with E-state index in [9.17, 15) is 14.7 Å². The van der Waals surface area contributed by atoms with E-state index in [4.69, 9.17) is 23.7 Å². The topological polar surface area (TPSA) is 101 Å². The molecule has 0 saturated carbocycles. The van der Waals surface area contributed by atoms with E-state index in [0.717, 1.165) is 12.8 Å². The maximum Gasteiger partial charge on any atom is 0.339 e. The Morgan fingerprint density at radius 2 is 1.46 bits per heavy atom. The molecule has 0 atom stereocenters. The van der Waals surface area contributed by atoms with Gasteiger partial charge in [0.25, 0.3) is 0 Å². The van der Waals surface area contributed by atoms with E-state index in [1.165, 1.54) is 28.4 Å². The summed E-state index contributed by atoms with van der Waals surface area (Å²) >= 11 is 0. The lowest BCUT2D eigenvalue weighted by atomic mass is 9.84. The van der Waals surface area contributed by atoms with Crippen molar-refractivity contribution in [1.29, 1.82) is 0 Å². The van der Waals surface area contributed by atoms with Crippen LogP contribution in [0.4, 0.5) is 0 Å². The van der Waals surface area contributed by atoms with E-state index in [-0.39, 0.29) is 51.9 Å². The van der Waals surface area contributed by atoms with Gasteiger partial charge in [-0.25, -0.2) is 4.79 Å². The fourth-order valence-corrected chi connectivity index (χ4v) is 4.66. The van der Waals surface area contributed by atoms with Gasteiger partial charge in [0.1, 0.15) is 11.5 Å². The highest BCUT2D eigenvalue weighted by Crippen LogP contribution is 2.52. The minimum absolute atomic E-state index is 0.0425. The Hall–Kier alpha value is -3.94. The van der Waals surface area contributed by atoms with Crippen molar-refractivity contribution in [3.8, 4) is 39.9 Å². The van der Waals surface area contributed by atoms with Gasteiger partial charge in [-0.3, -0.25) is 4.79 Å². The van der Waals surface area contributed by atoms with Crippen LogP contribution < -0.4 is 18.9 Å². The van der Waals surface area contributed by atoms with Crippen LogP contribution in [-0.2, 0) is 4.74 Å². The number of carbonyl (C=O) groups excluding carboxylic acids is 2. The van der Waals surface area contributed by atoms with Crippen molar-refractivity contribution in [3.63, 3.8) is 0 Å². The quantitative estimate of drug-likeness (QED) is 0.246. The molecule has 37 heavy (non-hydrogen) atoms. The minimum Gasteiger partial charge on any atom is -0.507 e. The van der Waals surface area contributed by atoms with Crippen LogP contribution in [0, 0.1) is 5.92 Å². The Kier molecular flexibility index (Phi) is 8.86. The summed E-state index contributed by atoms with van der Waals surface area (Å²) in [7, 11) is 7.18. The predicted octanol–water partition coefficient (Wildman–Crippen LogP) is 6.04. The zero-order chi connectivity index (χ0) is 27.3. The van der Waals surface area contributed by atoms with Crippen molar-refractivity contribution in [2.45, 2.75) is 33.1 Å². The van der Waals surface area contributed by atoms with Crippen LogP contribution in [0.2, 0.25) is 0 Å². The summed E-state index contributed by atoms with van der Waals surface area (Å²) in [6, 6.07) is 8.60. The van der Waals surface area contributed by atoms with Crippen LogP contribution in [0.15, 0.2) is 30.3 Å². The largest absolute Gasteiger partial charge is 0.507 e. The number of phenolic OH excluding ortho intramolecular Hbond substituents is 1. The standard InChI is InChI=1S/C29H34O8/c1-8-16(9-2)14-20(30)24-25(29(32)37-7)22(17-10-12-18(33-3)13-11-17)23-19(26(24)31)15-21(34-4)27(35-5)28(23)36-6/h10-13,15-16,31H,8-9,14H2,1-7H3. The second kappa shape index (κ2) is 11.9. The third kappa shape index (κ3) is 5.01. The number of benzene rings is 3. The van der Waals surface area contributed by atoms with E-state index >= 15 is 0 Å². The molecule has 0 unspecified atom stereocenters. The van der Waals surface area contributed by atoms with E-state index in [1.807, 2.05) is 13.8 Å². The molecule has 0 amide bonds. The number of hydrogen-bond donors (Lipinski definition) is 1. The molecule has 8 heteroatoms. The molecule has 3 rings (SSSR count). The van der Waals surface area contributed by atoms with E-state index in [0.29, 0.717) is 28.0 Å². The first-order valence-corrected chi connectivity index (χ1v) is 12.1. The van der Waals surface area contributed by atoms with Gasteiger partial charge in [0.15, 0.2) is 17.3 Å². The van der Waals surface area contributed by atoms with Crippen LogP contribution in [-0.4, -0.2) is 52.4 Å². The zero-order valence-electron chi connectivity index (χ0n) is 22.4. The SMILES string of the molecule is CCC(CC)CC(=O)c1c(C(=O)OC)c(-c2ccc(OC)cc2)c2c(OC)c(OC)c(OC)cc2c1O. The van der Waals surface area contributed by atoms with Gasteiger partial charge >= 0.3 is 5.97 Å². The first-order chi connectivity index (χ1) is 17.8. The van der Waals surface area contributed by atoms with Crippen LogP contribution in [0.5, 0.6) is 28.7 Å². The van der Waals surface area contributed by atoms with Crippen molar-refractivity contribution in [2.75, 3.05) is 35.5 Å². The van der Waals surface area contributed by atoms with E-state index in [2.05, 4.69) is 0 Å². The van der Waals surface area contributed by atoms with Gasteiger partial charge in [0.2, 0.25) is 5.75 Å². The van der Waals surface area contributed by atoms with Gasteiger partial charge in [-0.2, -0.15) is 0 Å². The number of carbonyl (C=O) groups is 2. The predicted molar refractivity (Wildman–Crippen MR) is 142 cm³/mol. The third-order valence-electron chi connectivity index (χ3n) is 6.75. The number of rotatable bonds is 11. The normalized spacial score (nSPS) is 10.9. The number of methoxy groups -OCH3 is 5. The lowest BCUT2D eigenvalue weighted by Crippen LogP contribution is -2.16. The molecule has 0 radical (unpaired) electrons. The molecular formula is C29H34O8. The molecule has 0 aliphatic rings. The highest BCUT2D eigenvalue weighted by Gasteiger charge is 2.33. The molecule has 8 nitrogen and oxygen atoms in total. The number of phenols is 1. The third-order valence-corrected chi connectivity index (χ3v) is 6.75. The zero-order valence-corrected chi connectivity index (χ0v) is 22.4. The van der Waals surface area contributed by atoms with Crippen molar-refractivity contribution in [3.05, 3.63) is 41.5 Å². The molecule has 0 heterocycles. The van der Waals surface area contributed by atoms with E-state index in [1.54, 1.807) is 37.4 Å². The summed E-state index contributed by atoms with van der Waals surface area (Å²) in [6.07, 6.45) is 1.74. The van der Waals surface area contributed by atoms with Crippen molar-refractivity contribution >= 4 is 22.5 Å². The molecule has 0 saturated heterocycles. The Bertz CT molecular complexity index is 1290. The summed E-state index contributed by atoms with van der Waals surface area (Å²) < 4.78 is 27.3. The Labute approximate surface area is 217 Å². The number of ketones is 1. The summed E-state index contributed by atoms with van der Waals surface area (Å²) in [4.78, 5) is 27.1. The fraction of sp³-hybridized carbons (Fsp3) is 0.379. The molecule has 198 valence electrons. The number of fused-ring (bicyclic) bond motifs is 1. The Balaban J connectivity index is 2.61. The first-order valence-electron chi connectivity index (χ1n) is 12.1. The summed E-state index contributed by atoms with van der Waals surface area (Å²) in [5.41, 5.74) is 0.826. The maximum atomic E-state index is 13.7.